The second kappa shape index (κ2) is 12.3. The lowest BCUT2D eigenvalue weighted by Crippen LogP contribution is -2.55. The largest absolute Gasteiger partial charge is 0.391 e. The maximum absolute atomic E-state index is 12.8. The highest BCUT2D eigenvalue weighted by Gasteiger charge is 2.29. The van der Waals surface area contributed by atoms with Crippen molar-refractivity contribution in [3.05, 3.63) is 59.7 Å². The quantitative estimate of drug-likeness (QED) is 0.416. The Kier molecular flexibility index (Phi) is 9.75. The van der Waals surface area contributed by atoms with Gasteiger partial charge in [0.1, 0.15) is 18.7 Å². The molecule has 7 nitrogen and oxygen atoms in total. The Morgan fingerprint density at radius 1 is 0.879 bits per heavy atom. The van der Waals surface area contributed by atoms with Gasteiger partial charge in [0.2, 0.25) is 5.91 Å². The summed E-state index contributed by atoms with van der Waals surface area (Å²) in [5.41, 5.74) is 3.69. The predicted molar refractivity (Wildman–Crippen MR) is 128 cm³/mol. The van der Waals surface area contributed by atoms with Crippen LogP contribution in [0.5, 0.6) is 0 Å². The molecule has 7 heteroatoms. The summed E-state index contributed by atoms with van der Waals surface area (Å²) in [6.45, 7) is 6.48. The van der Waals surface area contributed by atoms with E-state index in [2.05, 4.69) is 29.7 Å². The number of aryl methyl sites for hydroxylation is 1. The number of amides is 2. The SMILES string of the molecule is CCc1ccc(-c2ccc(C(=O)N[C@@H](CC(C)C)C(=O)N[C@H](C(=O)CO)[C@@H](C)O)cc2)cc1. The van der Waals surface area contributed by atoms with Crippen LogP contribution >= 0.6 is 0 Å². The fourth-order valence-electron chi connectivity index (χ4n) is 3.51. The molecule has 2 aromatic carbocycles. The van der Waals surface area contributed by atoms with E-state index >= 15 is 0 Å². The third kappa shape index (κ3) is 7.51. The molecule has 2 rings (SSSR count). The molecule has 0 aliphatic heterocycles. The number of hydrogen-bond acceptors (Lipinski definition) is 5. The van der Waals surface area contributed by atoms with Crippen molar-refractivity contribution in [1.82, 2.24) is 10.6 Å². The smallest absolute Gasteiger partial charge is 0.251 e. The number of nitrogens with one attached hydrogen (secondary N) is 2. The molecule has 178 valence electrons. The molecule has 0 fully saturated rings. The van der Waals surface area contributed by atoms with Gasteiger partial charge in [-0.3, -0.25) is 14.4 Å². The molecular formula is C26H34N2O5. The molecule has 0 aliphatic carbocycles. The molecule has 2 aromatic rings. The Labute approximate surface area is 195 Å². The maximum Gasteiger partial charge on any atom is 0.251 e. The van der Waals surface area contributed by atoms with E-state index in [0.717, 1.165) is 17.5 Å². The van der Waals surface area contributed by atoms with Crippen LogP contribution in [-0.2, 0) is 16.0 Å². The van der Waals surface area contributed by atoms with Crippen molar-refractivity contribution in [2.45, 2.75) is 58.7 Å². The zero-order valence-electron chi connectivity index (χ0n) is 19.7. The van der Waals surface area contributed by atoms with E-state index in [1.54, 1.807) is 12.1 Å². The zero-order chi connectivity index (χ0) is 24.5. The summed E-state index contributed by atoms with van der Waals surface area (Å²) in [5.74, 6) is -1.60. The summed E-state index contributed by atoms with van der Waals surface area (Å²) in [6.07, 6.45) is 0.138. The standard InChI is InChI=1S/C26H34N2O5/c1-5-18-6-8-19(9-7-18)20-10-12-21(13-11-20)25(32)27-22(14-16(2)3)26(33)28-24(17(4)30)23(31)15-29/h6-13,16-17,22,24,29-30H,5,14-15H2,1-4H3,(H,27,32)(H,28,33)/t17-,22+,24+/m1/s1. The van der Waals surface area contributed by atoms with Gasteiger partial charge in [0.25, 0.3) is 5.91 Å². The maximum atomic E-state index is 12.8. The van der Waals surface area contributed by atoms with Crippen LogP contribution in [0.25, 0.3) is 11.1 Å². The molecule has 0 radical (unpaired) electrons. The Balaban J connectivity index is 2.13. The summed E-state index contributed by atoms with van der Waals surface area (Å²) in [6, 6.07) is 13.2. The number of Topliss-reactive ketones (excluding diaryl/α,β-unsaturated/α-hetero) is 1. The van der Waals surface area contributed by atoms with Gasteiger partial charge in [0.15, 0.2) is 5.78 Å². The van der Waals surface area contributed by atoms with E-state index in [9.17, 15) is 19.5 Å². The van der Waals surface area contributed by atoms with E-state index in [1.807, 2.05) is 38.1 Å². The zero-order valence-corrected chi connectivity index (χ0v) is 19.7. The van der Waals surface area contributed by atoms with Gasteiger partial charge in [-0.2, -0.15) is 0 Å². The third-order valence-corrected chi connectivity index (χ3v) is 5.45. The number of aliphatic hydroxyl groups is 2. The summed E-state index contributed by atoms with van der Waals surface area (Å²) in [7, 11) is 0. The molecule has 0 aliphatic rings. The second-order valence-corrected chi connectivity index (χ2v) is 8.63. The van der Waals surface area contributed by atoms with Crippen LogP contribution in [0, 0.1) is 5.92 Å². The van der Waals surface area contributed by atoms with Gasteiger partial charge in [-0.1, -0.05) is 57.2 Å². The van der Waals surface area contributed by atoms with Gasteiger partial charge in [-0.05, 0) is 54.5 Å². The molecule has 4 N–H and O–H groups in total. The molecule has 0 saturated carbocycles. The third-order valence-electron chi connectivity index (χ3n) is 5.45. The van der Waals surface area contributed by atoms with E-state index < -0.39 is 42.4 Å². The topological polar surface area (TPSA) is 116 Å². The summed E-state index contributed by atoms with van der Waals surface area (Å²) in [4.78, 5) is 37.5. The van der Waals surface area contributed by atoms with Crippen LogP contribution in [0.15, 0.2) is 48.5 Å². The lowest BCUT2D eigenvalue weighted by Gasteiger charge is -2.25. The predicted octanol–water partition coefficient (Wildman–Crippen LogP) is 2.49. The minimum absolute atomic E-state index is 0.0908. The number of ketones is 1. The fraction of sp³-hybridized carbons (Fsp3) is 0.423. The Bertz CT molecular complexity index is 936. The first-order valence-electron chi connectivity index (χ1n) is 11.3. The van der Waals surface area contributed by atoms with Gasteiger partial charge in [-0.25, -0.2) is 0 Å². The normalized spacial score (nSPS) is 13.8. The van der Waals surface area contributed by atoms with Gasteiger partial charge < -0.3 is 20.8 Å². The van der Waals surface area contributed by atoms with Crippen molar-refractivity contribution < 1.29 is 24.6 Å². The molecule has 3 atom stereocenters. The van der Waals surface area contributed by atoms with Gasteiger partial charge >= 0.3 is 0 Å². The Morgan fingerprint density at radius 3 is 1.88 bits per heavy atom. The highest BCUT2D eigenvalue weighted by atomic mass is 16.3. The van der Waals surface area contributed by atoms with Gasteiger partial charge in [0, 0.05) is 5.56 Å². The Morgan fingerprint density at radius 2 is 1.42 bits per heavy atom. The average Bonchev–Trinajstić information content (AvgIpc) is 2.81. The lowest BCUT2D eigenvalue weighted by atomic mass is 10.00. The fourth-order valence-corrected chi connectivity index (χ4v) is 3.51. The van der Waals surface area contributed by atoms with Crippen molar-refractivity contribution in [2.24, 2.45) is 5.92 Å². The van der Waals surface area contributed by atoms with Crippen LogP contribution in [0.4, 0.5) is 0 Å². The van der Waals surface area contributed by atoms with Crippen molar-refractivity contribution in [2.75, 3.05) is 6.61 Å². The highest BCUT2D eigenvalue weighted by molar-refractivity contribution is 5.99. The number of carbonyl (C=O) groups excluding carboxylic acids is 3. The van der Waals surface area contributed by atoms with E-state index in [-0.39, 0.29) is 5.92 Å². The number of carbonyl (C=O) groups is 3. The van der Waals surface area contributed by atoms with E-state index in [1.165, 1.54) is 12.5 Å². The second-order valence-electron chi connectivity index (χ2n) is 8.63. The average molecular weight is 455 g/mol. The molecule has 2 amide bonds. The molecule has 0 bridgehead atoms. The van der Waals surface area contributed by atoms with Crippen molar-refractivity contribution in [1.29, 1.82) is 0 Å². The minimum atomic E-state index is -1.24. The van der Waals surface area contributed by atoms with Crippen LogP contribution < -0.4 is 10.6 Å². The first-order valence-corrected chi connectivity index (χ1v) is 11.3. The molecule has 0 saturated heterocycles. The number of rotatable bonds is 11. The lowest BCUT2D eigenvalue weighted by molar-refractivity contribution is -0.132. The van der Waals surface area contributed by atoms with Crippen LogP contribution in [-0.4, -0.2) is 52.6 Å². The van der Waals surface area contributed by atoms with Crippen molar-refractivity contribution in [3.63, 3.8) is 0 Å². The first kappa shape index (κ1) is 26.2. The molecule has 0 aromatic heterocycles. The molecule has 0 spiro atoms. The highest BCUT2D eigenvalue weighted by Crippen LogP contribution is 2.21. The molecule has 0 unspecified atom stereocenters. The van der Waals surface area contributed by atoms with E-state index in [4.69, 9.17) is 5.11 Å². The number of hydrogen-bond donors (Lipinski definition) is 4. The first-order chi connectivity index (χ1) is 15.7. The number of aliphatic hydroxyl groups excluding tert-OH is 2. The summed E-state index contributed by atoms with van der Waals surface area (Å²) in [5, 5.41) is 24.1. The van der Waals surface area contributed by atoms with Gasteiger partial charge in [0.05, 0.1) is 6.10 Å². The van der Waals surface area contributed by atoms with Crippen molar-refractivity contribution in [3.8, 4) is 11.1 Å². The molecule has 0 heterocycles. The molecule has 33 heavy (non-hydrogen) atoms. The van der Waals surface area contributed by atoms with Crippen LogP contribution in [0.1, 0.15) is 50.0 Å². The van der Waals surface area contributed by atoms with E-state index in [0.29, 0.717) is 12.0 Å². The van der Waals surface area contributed by atoms with Crippen molar-refractivity contribution >= 4 is 17.6 Å². The minimum Gasteiger partial charge on any atom is -0.391 e. The molecular weight excluding hydrogens is 420 g/mol. The monoisotopic (exact) mass is 454 g/mol. The summed E-state index contributed by atoms with van der Waals surface area (Å²) < 4.78 is 0. The van der Waals surface area contributed by atoms with Crippen LogP contribution in [0.2, 0.25) is 0 Å². The summed E-state index contributed by atoms with van der Waals surface area (Å²) >= 11 is 0. The van der Waals surface area contributed by atoms with Gasteiger partial charge in [-0.15, -0.1) is 0 Å². The Hall–Kier alpha value is -3.03. The number of benzene rings is 2. The van der Waals surface area contributed by atoms with Crippen LogP contribution in [0.3, 0.4) is 0 Å².